The first kappa shape index (κ1) is 20.3. The molecule has 152 valence electrons. The first-order chi connectivity index (χ1) is 13.8. The summed E-state index contributed by atoms with van der Waals surface area (Å²) in [4.78, 5) is 8.65. The fourth-order valence-electron chi connectivity index (χ4n) is 3.41. The molecule has 1 aliphatic rings. The third-order valence-electron chi connectivity index (χ3n) is 4.93. The summed E-state index contributed by atoms with van der Waals surface area (Å²) >= 11 is 0. The van der Waals surface area contributed by atoms with Crippen molar-refractivity contribution in [2.45, 2.75) is 58.1 Å². The van der Waals surface area contributed by atoms with E-state index in [4.69, 9.17) is 4.74 Å². The highest BCUT2D eigenvalue weighted by Crippen LogP contribution is 2.19. The average molecular weight is 385 g/mol. The van der Waals surface area contributed by atoms with E-state index in [0.29, 0.717) is 12.6 Å². The second-order valence-corrected chi connectivity index (χ2v) is 7.11. The SMILES string of the molecule is CCNC(=NCc1ccc(-n2cncn2)cc1)NCCOC1CCCCCC1. The summed E-state index contributed by atoms with van der Waals surface area (Å²) < 4.78 is 7.79. The van der Waals surface area contributed by atoms with Gasteiger partial charge < -0.3 is 15.4 Å². The molecule has 1 heterocycles. The highest BCUT2D eigenvalue weighted by molar-refractivity contribution is 5.79. The molecule has 7 nitrogen and oxygen atoms in total. The lowest BCUT2D eigenvalue weighted by Crippen LogP contribution is -2.39. The average Bonchev–Trinajstić information content (AvgIpc) is 3.14. The second kappa shape index (κ2) is 11.4. The maximum absolute atomic E-state index is 6.04. The molecule has 3 rings (SSSR count). The maximum atomic E-state index is 6.04. The van der Waals surface area contributed by atoms with E-state index in [-0.39, 0.29) is 0 Å². The van der Waals surface area contributed by atoms with Gasteiger partial charge in [0.25, 0.3) is 0 Å². The molecule has 2 aromatic rings. The number of nitrogens with one attached hydrogen (secondary N) is 2. The number of rotatable bonds is 8. The van der Waals surface area contributed by atoms with Crippen molar-refractivity contribution in [3.8, 4) is 5.69 Å². The van der Waals surface area contributed by atoms with Crippen molar-refractivity contribution in [3.63, 3.8) is 0 Å². The summed E-state index contributed by atoms with van der Waals surface area (Å²) in [5, 5.41) is 10.8. The van der Waals surface area contributed by atoms with Crippen LogP contribution in [0.1, 0.15) is 51.0 Å². The number of nitrogens with zero attached hydrogens (tertiary/aromatic N) is 4. The largest absolute Gasteiger partial charge is 0.376 e. The van der Waals surface area contributed by atoms with E-state index in [1.807, 2.05) is 12.1 Å². The van der Waals surface area contributed by atoms with E-state index in [1.165, 1.54) is 44.9 Å². The first-order valence-electron chi connectivity index (χ1n) is 10.4. The van der Waals surface area contributed by atoms with Gasteiger partial charge in [0.2, 0.25) is 0 Å². The Morgan fingerprint density at radius 2 is 1.93 bits per heavy atom. The number of hydrogen-bond acceptors (Lipinski definition) is 4. The molecule has 1 aromatic heterocycles. The minimum absolute atomic E-state index is 0.437. The minimum atomic E-state index is 0.437. The van der Waals surface area contributed by atoms with Gasteiger partial charge in [0, 0.05) is 13.1 Å². The molecule has 0 atom stereocenters. The molecule has 0 bridgehead atoms. The molecule has 0 saturated heterocycles. The standard InChI is InChI=1S/C21H32N6O/c1-2-23-21(24-13-14-28-20-7-5-3-4-6-8-20)25-15-18-9-11-19(12-10-18)27-17-22-16-26-27/h9-12,16-17,20H,2-8,13-15H2,1H3,(H2,23,24,25). The fourth-order valence-corrected chi connectivity index (χ4v) is 3.41. The maximum Gasteiger partial charge on any atom is 0.191 e. The summed E-state index contributed by atoms with van der Waals surface area (Å²) in [6.45, 7) is 5.03. The van der Waals surface area contributed by atoms with E-state index in [9.17, 15) is 0 Å². The van der Waals surface area contributed by atoms with Gasteiger partial charge in [0.05, 0.1) is 24.9 Å². The van der Waals surface area contributed by atoms with Gasteiger partial charge in [-0.1, -0.05) is 37.8 Å². The van der Waals surface area contributed by atoms with Crippen molar-refractivity contribution in [2.24, 2.45) is 4.99 Å². The van der Waals surface area contributed by atoms with Crippen LogP contribution >= 0.6 is 0 Å². The molecule has 0 amide bonds. The van der Waals surface area contributed by atoms with Crippen LogP contribution in [0.3, 0.4) is 0 Å². The smallest absolute Gasteiger partial charge is 0.191 e. The molecule has 0 aliphatic heterocycles. The number of hydrogen-bond donors (Lipinski definition) is 2. The minimum Gasteiger partial charge on any atom is -0.376 e. The van der Waals surface area contributed by atoms with E-state index in [2.05, 4.69) is 44.8 Å². The summed E-state index contributed by atoms with van der Waals surface area (Å²) in [7, 11) is 0. The summed E-state index contributed by atoms with van der Waals surface area (Å²) in [6, 6.07) is 8.19. The molecular weight excluding hydrogens is 352 g/mol. The lowest BCUT2D eigenvalue weighted by Gasteiger charge is -2.16. The van der Waals surface area contributed by atoms with Crippen LogP contribution in [-0.4, -0.2) is 46.5 Å². The zero-order chi connectivity index (χ0) is 19.4. The molecule has 2 N–H and O–H groups in total. The second-order valence-electron chi connectivity index (χ2n) is 7.11. The quantitative estimate of drug-likeness (QED) is 0.317. The summed E-state index contributed by atoms with van der Waals surface area (Å²) in [5.74, 6) is 0.826. The highest BCUT2D eigenvalue weighted by Gasteiger charge is 2.12. The van der Waals surface area contributed by atoms with Crippen LogP contribution in [0.2, 0.25) is 0 Å². The third kappa shape index (κ3) is 6.64. The van der Waals surface area contributed by atoms with Crippen LogP contribution in [0.25, 0.3) is 5.69 Å². The van der Waals surface area contributed by atoms with Gasteiger partial charge in [-0.2, -0.15) is 5.10 Å². The van der Waals surface area contributed by atoms with E-state index in [1.54, 1.807) is 11.0 Å². The van der Waals surface area contributed by atoms with Crippen molar-refractivity contribution in [3.05, 3.63) is 42.5 Å². The first-order valence-corrected chi connectivity index (χ1v) is 10.4. The highest BCUT2D eigenvalue weighted by atomic mass is 16.5. The summed E-state index contributed by atoms with van der Waals surface area (Å²) in [5.41, 5.74) is 2.14. The number of benzene rings is 1. The van der Waals surface area contributed by atoms with Crippen molar-refractivity contribution in [2.75, 3.05) is 19.7 Å². The number of ether oxygens (including phenoxy) is 1. The van der Waals surface area contributed by atoms with Crippen molar-refractivity contribution < 1.29 is 4.74 Å². The predicted octanol–water partition coefficient (Wildman–Crippen LogP) is 3.06. The Balaban J connectivity index is 1.44. The van der Waals surface area contributed by atoms with Gasteiger partial charge >= 0.3 is 0 Å². The molecule has 1 aliphatic carbocycles. The summed E-state index contributed by atoms with van der Waals surface area (Å²) in [6.07, 6.45) is 11.4. The third-order valence-corrected chi connectivity index (χ3v) is 4.93. The molecule has 28 heavy (non-hydrogen) atoms. The Morgan fingerprint density at radius 1 is 1.14 bits per heavy atom. The Hall–Kier alpha value is -2.41. The van der Waals surface area contributed by atoms with Crippen LogP contribution in [0.4, 0.5) is 0 Å². The number of aliphatic imine (C=N–C) groups is 1. The van der Waals surface area contributed by atoms with Crippen LogP contribution in [0.5, 0.6) is 0 Å². The van der Waals surface area contributed by atoms with Crippen LogP contribution in [0, 0.1) is 0 Å². The molecule has 0 radical (unpaired) electrons. The normalized spacial score (nSPS) is 16.0. The Labute approximate surface area is 167 Å². The van der Waals surface area contributed by atoms with Crippen molar-refractivity contribution in [1.82, 2.24) is 25.4 Å². The molecular formula is C21H32N6O. The van der Waals surface area contributed by atoms with Crippen LogP contribution in [-0.2, 0) is 11.3 Å². The molecule has 1 aromatic carbocycles. The molecule has 0 unspecified atom stereocenters. The number of guanidine groups is 1. The topological polar surface area (TPSA) is 76.4 Å². The Bertz CT molecular complexity index is 690. The predicted molar refractivity (Wildman–Crippen MR) is 112 cm³/mol. The van der Waals surface area contributed by atoms with Gasteiger partial charge in [-0.05, 0) is 37.5 Å². The van der Waals surface area contributed by atoms with E-state index >= 15 is 0 Å². The van der Waals surface area contributed by atoms with Crippen molar-refractivity contribution in [1.29, 1.82) is 0 Å². The van der Waals surface area contributed by atoms with Gasteiger partial charge in [-0.25, -0.2) is 14.7 Å². The molecule has 1 saturated carbocycles. The lowest BCUT2D eigenvalue weighted by atomic mass is 10.1. The van der Waals surface area contributed by atoms with Crippen LogP contribution in [0.15, 0.2) is 41.9 Å². The molecule has 0 spiro atoms. The van der Waals surface area contributed by atoms with Crippen LogP contribution < -0.4 is 10.6 Å². The monoisotopic (exact) mass is 384 g/mol. The zero-order valence-electron chi connectivity index (χ0n) is 16.8. The van der Waals surface area contributed by atoms with Gasteiger partial charge in [-0.15, -0.1) is 0 Å². The fraction of sp³-hybridized carbons (Fsp3) is 0.571. The van der Waals surface area contributed by atoms with E-state index in [0.717, 1.165) is 36.9 Å². The number of aromatic nitrogens is 3. The Morgan fingerprint density at radius 3 is 2.61 bits per heavy atom. The van der Waals surface area contributed by atoms with Gasteiger partial charge in [-0.3, -0.25) is 0 Å². The zero-order valence-corrected chi connectivity index (χ0v) is 16.8. The molecule has 1 fully saturated rings. The van der Waals surface area contributed by atoms with Gasteiger partial charge in [0.15, 0.2) is 5.96 Å². The lowest BCUT2D eigenvalue weighted by molar-refractivity contribution is 0.0468. The van der Waals surface area contributed by atoms with Gasteiger partial charge in [0.1, 0.15) is 12.7 Å². The molecule has 7 heteroatoms. The van der Waals surface area contributed by atoms with E-state index < -0.39 is 0 Å². The Kier molecular flexibility index (Phi) is 8.30. The van der Waals surface area contributed by atoms with Crippen molar-refractivity contribution >= 4 is 5.96 Å².